The highest BCUT2D eigenvalue weighted by atomic mass is 35.5. The molecule has 2 rings (SSSR count). The largest absolute Gasteiger partial charge is 0.382 e. The van der Waals surface area contributed by atoms with Crippen LogP contribution >= 0.6 is 12.4 Å². The number of carbonyl (C=O) groups is 1. The van der Waals surface area contributed by atoms with Crippen molar-refractivity contribution in [1.82, 2.24) is 5.32 Å². The maximum absolute atomic E-state index is 11.9. The van der Waals surface area contributed by atoms with E-state index in [1.54, 1.807) is 7.11 Å². The zero-order chi connectivity index (χ0) is 13.7. The fourth-order valence-corrected chi connectivity index (χ4v) is 3.56. The molecule has 2 atom stereocenters. The molecular weight excluding hydrogens is 280 g/mol. The Hall–Kier alpha value is -0.360. The van der Waals surface area contributed by atoms with Gasteiger partial charge in [0.1, 0.15) is 6.61 Å². The number of carbonyl (C=O) groups excluding carboxylic acids is 1. The first-order valence-electron chi connectivity index (χ1n) is 7.32. The molecule has 2 saturated carbocycles. The number of hydrogen-bond donors (Lipinski definition) is 2. The van der Waals surface area contributed by atoms with Crippen molar-refractivity contribution in [3.05, 3.63) is 0 Å². The van der Waals surface area contributed by atoms with Crippen LogP contribution in [0.15, 0.2) is 0 Å². The number of rotatable bonds is 6. The number of hydrogen-bond acceptors (Lipinski definition) is 4. The van der Waals surface area contributed by atoms with E-state index in [0.717, 1.165) is 12.8 Å². The zero-order valence-corrected chi connectivity index (χ0v) is 13.0. The van der Waals surface area contributed by atoms with E-state index in [4.69, 9.17) is 15.2 Å². The van der Waals surface area contributed by atoms with E-state index < -0.39 is 0 Å². The predicted octanol–water partition coefficient (Wildman–Crippen LogP) is 1.09. The molecule has 2 unspecified atom stereocenters. The Morgan fingerprint density at radius 3 is 2.50 bits per heavy atom. The zero-order valence-electron chi connectivity index (χ0n) is 12.2. The van der Waals surface area contributed by atoms with Crippen molar-refractivity contribution in [3.8, 4) is 0 Å². The van der Waals surface area contributed by atoms with Gasteiger partial charge in [-0.15, -0.1) is 12.4 Å². The maximum Gasteiger partial charge on any atom is 0.246 e. The molecule has 5 nitrogen and oxygen atoms in total. The fraction of sp³-hybridized carbons (Fsp3) is 0.929. The number of ether oxygens (including phenoxy) is 2. The topological polar surface area (TPSA) is 73.6 Å². The molecule has 2 fully saturated rings. The fourth-order valence-electron chi connectivity index (χ4n) is 3.56. The van der Waals surface area contributed by atoms with E-state index in [9.17, 15) is 4.79 Å². The number of halogens is 1. The van der Waals surface area contributed by atoms with Crippen molar-refractivity contribution in [2.24, 2.45) is 17.6 Å². The van der Waals surface area contributed by atoms with Crippen LogP contribution in [0.4, 0.5) is 0 Å². The van der Waals surface area contributed by atoms with Gasteiger partial charge in [0, 0.05) is 19.2 Å². The van der Waals surface area contributed by atoms with Gasteiger partial charge in [-0.05, 0) is 37.5 Å². The highest BCUT2D eigenvalue weighted by Crippen LogP contribution is 2.39. The summed E-state index contributed by atoms with van der Waals surface area (Å²) in [7, 11) is 1.62. The van der Waals surface area contributed by atoms with Crippen molar-refractivity contribution in [2.45, 2.75) is 44.2 Å². The second-order valence-electron chi connectivity index (χ2n) is 5.82. The SMILES string of the molecule is COCCOCC(=O)NC1C2CCCC1CC(N)C2.Cl. The first-order chi connectivity index (χ1) is 9.20. The van der Waals surface area contributed by atoms with Gasteiger partial charge in [0.15, 0.2) is 0 Å². The van der Waals surface area contributed by atoms with Gasteiger partial charge in [-0.2, -0.15) is 0 Å². The van der Waals surface area contributed by atoms with Gasteiger partial charge in [0.05, 0.1) is 13.2 Å². The molecule has 0 aromatic carbocycles. The molecule has 2 aliphatic carbocycles. The first-order valence-corrected chi connectivity index (χ1v) is 7.32. The quantitative estimate of drug-likeness (QED) is 0.721. The molecule has 2 bridgehead atoms. The lowest BCUT2D eigenvalue weighted by Gasteiger charge is -2.45. The van der Waals surface area contributed by atoms with Crippen molar-refractivity contribution in [2.75, 3.05) is 26.9 Å². The summed E-state index contributed by atoms with van der Waals surface area (Å²) in [5.74, 6) is 1.12. The summed E-state index contributed by atoms with van der Waals surface area (Å²) in [6.07, 6.45) is 5.76. The summed E-state index contributed by atoms with van der Waals surface area (Å²) in [5, 5.41) is 3.16. The van der Waals surface area contributed by atoms with Gasteiger partial charge in [0.2, 0.25) is 5.91 Å². The number of nitrogens with two attached hydrogens (primary N) is 1. The van der Waals surface area contributed by atoms with Gasteiger partial charge in [-0.1, -0.05) is 6.42 Å². The van der Waals surface area contributed by atoms with Crippen LogP contribution in [0, 0.1) is 11.8 Å². The minimum atomic E-state index is -0.00604. The number of methoxy groups -OCH3 is 1. The van der Waals surface area contributed by atoms with Crippen molar-refractivity contribution in [1.29, 1.82) is 0 Å². The Kier molecular flexibility index (Phi) is 7.80. The monoisotopic (exact) mass is 306 g/mol. The van der Waals surface area contributed by atoms with Gasteiger partial charge < -0.3 is 20.5 Å². The number of amides is 1. The van der Waals surface area contributed by atoms with E-state index in [0.29, 0.717) is 37.1 Å². The molecule has 0 aliphatic heterocycles. The minimum absolute atomic E-state index is 0. The predicted molar refractivity (Wildman–Crippen MR) is 79.9 cm³/mol. The smallest absolute Gasteiger partial charge is 0.246 e. The lowest BCUT2D eigenvalue weighted by atomic mass is 9.67. The molecule has 1 amide bonds. The molecule has 0 aromatic heterocycles. The molecule has 3 N–H and O–H groups in total. The molecular formula is C14H27ClN2O3. The first kappa shape index (κ1) is 17.7. The average Bonchev–Trinajstić information content (AvgIpc) is 2.36. The third kappa shape index (κ3) is 4.88. The molecule has 0 aromatic rings. The molecule has 0 radical (unpaired) electrons. The third-order valence-corrected chi connectivity index (χ3v) is 4.37. The Morgan fingerprint density at radius 1 is 1.25 bits per heavy atom. The van der Waals surface area contributed by atoms with Crippen molar-refractivity contribution >= 4 is 18.3 Å². The standard InChI is InChI=1S/C14H26N2O3.ClH/c1-18-5-6-19-9-13(17)16-14-10-3-2-4-11(14)8-12(15)7-10;/h10-12,14H,2-9,15H2,1H3,(H,16,17);1H. The molecule has 2 aliphatic rings. The van der Waals surface area contributed by atoms with Crippen LogP contribution in [0.1, 0.15) is 32.1 Å². The third-order valence-electron chi connectivity index (χ3n) is 4.37. The molecule has 118 valence electrons. The van der Waals surface area contributed by atoms with E-state index in [1.807, 2.05) is 0 Å². The van der Waals surface area contributed by atoms with Crippen LogP contribution < -0.4 is 11.1 Å². The van der Waals surface area contributed by atoms with E-state index in [1.165, 1.54) is 19.3 Å². The Morgan fingerprint density at radius 2 is 1.90 bits per heavy atom. The highest BCUT2D eigenvalue weighted by Gasteiger charge is 2.39. The van der Waals surface area contributed by atoms with Gasteiger partial charge in [-0.3, -0.25) is 4.79 Å². The van der Waals surface area contributed by atoms with Crippen LogP contribution in [0.3, 0.4) is 0 Å². The molecule has 0 spiro atoms. The summed E-state index contributed by atoms with van der Waals surface area (Å²) >= 11 is 0. The molecule has 0 saturated heterocycles. The van der Waals surface area contributed by atoms with Crippen LogP contribution in [0.25, 0.3) is 0 Å². The lowest BCUT2D eigenvalue weighted by Crippen LogP contribution is -2.54. The normalized spacial score (nSPS) is 32.3. The van der Waals surface area contributed by atoms with E-state index >= 15 is 0 Å². The lowest BCUT2D eigenvalue weighted by molar-refractivity contribution is -0.128. The average molecular weight is 307 g/mol. The number of fused-ring (bicyclic) bond motifs is 2. The summed E-state index contributed by atoms with van der Waals surface area (Å²) in [6.45, 7) is 1.12. The summed E-state index contributed by atoms with van der Waals surface area (Å²) in [5.41, 5.74) is 6.08. The number of nitrogens with one attached hydrogen (secondary N) is 1. The van der Waals surface area contributed by atoms with Crippen LogP contribution in [-0.2, 0) is 14.3 Å². The molecule has 6 heteroatoms. The van der Waals surface area contributed by atoms with Crippen LogP contribution in [0.5, 0.6) is 0 Å². The summed E-state index contributed by atoms with van der Waals surface area (Å²) in [4.78, 5) is 11.9. The molecule has 0 heterocycles. The Balaban J connectivity index is 0.00000200. The Bertz CT molecular complexity index is 290. The highest BCUT2D eigenvalue weighted by molar-refractivity contribution is 5.85. The minimum Gasteiger partial charge on any atom is -0.382 e. The molecule has 20 heavy (non-hydrogen) atoms. The second-order valence-corrected chi connectivity index (χ2v) is 5.82. The van der Waals surface area contributed by atoms with Gasteiger partial charge in [0.25, 0.3) is 0 Å². The van der Waals surface area contributed by atoms with Crippen molar-refractivity contribution < 1.29 is 14.3 Å². The second kappa shape index (κ2) is 8.82. The van der Waals surface area contributed by atoms with Gasteiger partial charge >= 0.3 is 0 Å². The van der Waals surface area contributed by atoms with Gasteiger partial charge in [-0.25, -0.2) is 0 Å². The van der Waals surface area contributed by atoms with Crippen LogP contribution in [-0.4, -0.2) is 44.9 Å². The van der Waals surface area contributed by atoms with Crippen molar-refractivity contribution in [3.63, 3.8) is 0 Å². The Labute approximate surface area is 127 Å². The summed E-state index contributed by atoms with van der Waals surface area (Å²) in [6, 6.07) is 0.633. The summed E-state index contributed by atoms with van der Waals surface area (Å²) < 4.78 is 10.1. The van der Waals surface area contributed by atoms with E-state index in [2.05, 4.69) is 5.32 Å². The van der Waals surface area contributed by atoms with Crippen LogP contribution in [0.2, 0.25) is 0 Å². The maximum atomic E-state index is 11.9. The van der Waals surface area contributed by atoms with E-state index in [-0.39, 0.29) is 24.9 Å².